The number of rotatable bonds is 4. The van der Waals surface area contributed by atoms with Gasteiger partial charge in [0.15, 0.2) is 0 Å². The Bertz CT molecular complexity index is 912. The molecule has 3 heteroatoms. The molecule has 0 aliphatic rings. The molecule has 0 spiro atoms. The molecule has 0 fully saturated rings. The van der Waals surface area contributed by atoms with Crippen molar-refractivity contribution in [3.63, 3.8) is 0 Å². The van der Waals surface area contributed by atoms with Crippen LogP contribution in [-0.4, -0.2) is 6.61 Å². The predicted molar refractivity (Wildman–Crippen MR) is 96.5 cm³/mol. The van der Waals surface area contributed by atoms with Crippen LogP contribution < -0.4 is 9.47 Å². The van der Waals surface area contributed by atoms with E-state index >= 15 is 0 Å². The highest BCUT2D eigenvalue weighted by molar-refractivity contribution is 5.40. The predicted octanol–water partition coefficient (Wildman–Crippen LogP) is 4.78. The molecule has 0 aromatic heterocycles. The summed E-state index contributed by atoms with van der Waals surface area (Å²) in [7, 11) is 0. The van der Waals surface area contributed by atoms with Crippen LogP contribution in [0.1, 0.15) is 11.1 Å². The third kappa shape index (κ3) is 4.89. The largest absolute Gasteiger partial charge is 0.481 e. The Labute approximate surface area is 147 Å². The first kappa shape index (κ1) is 16.2. The maximum atomic E-state index is 8.76. The smallest absolute Gasteiger partial charge is 0.149 e. The van der Waals surface area contributed by atoms with Crippen molar-refractivity contribution in [2.45, 2.75) is 0 Å². The second-order valence-corrected chi connectivity index (χ2v) is 5.17. The van der Waals surface area contributed by atoms with Crippen LogP contribution in [0.15, 0.2) is 78.9 Å². The van der Waals surface area contributed by atoms with Crippen LogP contribution in [-0.2, 0) is 0 Å². The third-order valence-electron chi connectivity index (χ3n) is 3.36. The zero-order valence-electron chi connectivity index (χ0n) is 13.5. The molecule has 0 saturated heterocycles. The van der Waals surface area contributed by atoms with Gasteiger partial charge in [-0.05, 0) is 60.7 Å². The first-order chi connectivity index (χ1) is 12.3. The molecule has 3 aromatic carbocycles. The number of nitrogens with zero attached hydrogens (tertiary/aromatic N) is 1. The van der Waals surface area contributed by atoms with Gasteiger partial charge in [-0.3, -0.25) is 0 Å². The van der Waals surface area contributed by atoms with Gasteiger partial charge in [-0.1, -0.05) is 30.0 Å². The molecule has 0 radical (unpaired) electrons. The van der Waals surface area contributed by atoms with Crippen molar-refractivity contribution in [1.29, 1.82) is 5.26 Å². The Morgan fingerprint density at radius 3 is 1.96 bits per heavy atom. The quantitative estimate of drug-likeness (QED) is 0.648. The van der Waals surface area contributed by atoms with Crippen molar-refractivity contribution in [3.8, 4) is 35.2 Å². The van der Waals surface area contributed by atoms with Crippen LogP contribution in [0.3, 0.4) is 0 Å². The van der Waals surface area contributed by atoms with Crippen molar-refractivity contribution in [2.75, 3.05) is 6.61 Å². The summed E-state index contributed by atoms with van der Waals surface area (Å²) >= 11 is 0. The standard InChI is InChI=1S/C22H15NO2/c23-17-19-10-8-18(9-11-19)5-4-16-24-20-12-14-22(15-13-20)25-21-6-2-1-3-7-21/h1-3,6-15H,16H2. The molecule has 3 rings (SSSR count). The Balaban J connectivity index is 1.52. The molecular weight excluding hydrogens is 310 g/mol. The molecule has 120 valence electrons. The summed E-state index contributed by atoms with van der Waals surface area (Å²) in [5.74, 6) is 8.24. The summed E-state index contributed by atoms with van der Waals surface area (Å²) < 4.78 is 11.3. The van der Waals surface area contributed by atoms with E-state index in [1.807, 2.05) is 66.7 Å². The minimum atomic E-state index is 0.291. The lowest BCUT2D eigenvalue weighted by molar-refractivity contribution is 0.369. The van der Waals surface area contributed by atoms with Gasteiger partial charge in [0, 0.05) is 5.56 Å². The summed E-state index contributed by atoms with van der Waals surface area (Å²) in [6, 6.07) is 26.2. The molecule has 3 nitrogen and oxygen atoms in total. The summed E-state index contributed by atoms with van der Waals surface area (Å²) in [5, 5.41) is 8.76. The highest BCUT2D eigenvalue weighted by Gasteiger charge is 1.97. The minimum Gasteiger partial charge on any atom is -0.481 e. The van der Waals surface area contributed by atoms with Gasteiger partial charge in [-0.25, -0.2) is 0 Å². The van der Waals surface area contributed by atoms with E-state index in [0.717, 1.165) is 22.8 Å². The fraction of sp³-hybridized carbons (Fsp3) is 0.0455. The summed E-state index contributed by atoms with van der Waals surface area (Å²) in [6.07, 6.45) is 0. The van der Waals surface area contributed by atoms with Crippen LogP contribution >= 0.6 is 0 Å². The first-order valence-corrected chi connectivity index (χ1v) is 7.78. The molecule has 0 N–H and O–H groups in total. The molecule has 0 bridgehead atoms. The maximum absolute atomic E-state index is 8.76. The molecule has 0 saturated carbocycles. The van der Waals surface area contributed by atoms with Crippen LogP contribution in [0.4, 0.5) is 0 Å². The van der Waals surface area contributed by atoms with E-state index in [9.17, 15) is 0 Å². The average molecular weight is 325 g/mol. The molecule has 0 aliphatic heterocycles. The van der Waals surface area contributed by atoms with Gasteiger partial charge >= 0.3 is 0 Å². The molecule has 25 heavy (non-hydrogen) atoms. The molecule has 3 aromatic rings. The van der Waals surface area contributed by atoms with Gasteiger partial charge in [0.05, 0.1) is 11.6 Å². The van der Waals surface area contributed by atoms with E-state index in [4.69, 9.17) is 14.7 Å². The molecule has 0 amide bonds. The van der Waals surface area contributed by atoms with E-state index in [1.54, 1.807) is 12.1 Å². The second kappa shape index (κ2) is 8.24. The Morgan fingerprint density at radius 1 is 0.680 bits per heavy atom. The lowest BCUT2D eigenvalue weighted by Gasteiger charge is -2.06. The summed E-state index contributed by atoms with van der Waals surface area (Å²) in [4.78, 5) is 0. The molecule has 0 heterocycles. The van der Waals surface area contributed by atoms with E-state index in [2.05, 4.69) is 17.9 Å². The highest BCUT2D eigenvalue weighted by atomic mass is 16.5. The number of nitriles is 1. The minimum absolute atomic E-state index is 0.291. The monoisotopic (exact) mass is 325 g/mol. The number of para-hydroxylation sites is 1. The first-order valence-electron chi connectivity index (χ1n) is 7.78. The van der Waals surface area contributed by atoms with Gasteiger partial charge in [0.1, 0.15) is 23.9 Å². The van der Waals surface area contributed by atoms with Gasteiger partial charge in [0.2, 0.25) is 0 Å². The van der Waals surface area contributed by atoms with Crippen LogP contribution in [0.5, 0.6) is 17.2 Å². The maximum Gasteiger partial charge on any atom is 0.149 e. The molecule has 0 unspecified atom stereocenters. The van der Waals surface area contributed by atoms with E-state index < -0.39 is 0 Å². The van der Waals surface area contributed by atoms with Crippen molar-refractivity contribution >= 4 is 0 Å². The van der Waals surface area contributed by atoms with E-state index in [1.165, 1.54) is 0 Å². The number of hydrogen-bond donors (Lipinski definition) is 0. The topological polar surface area (TPSA) is 42.2 Å². The molecule has 0 aliphatic carbocycles. The van der Waals surface area contributed by atoms with Gasteiger partial charge in [-0.2, -0.15) is 5.26 Å². The van der Waals surface area contributed by atoms with E-state index in [-0.39, 0.29) is 0 Å². The third-order valence-corrected chi connectivity index (χ3v) is 3.36. The van der Waals surface area contributed by atoms with E-state index in [0.29, 0.717) is 12.2 Å². The van der Waals surface area contributed by atoms with Crippen molar-refractivity contribution in [1.82, 2.24) is 0 Å². The Hall–Kier alpha value is -3.69. The molecule has 0 atom stereocenters. The summed E-state index contributed by atoms with van der Waals surface area (Å²) in [5.41, 5.74) is 1.48. The average Bonchev–Trinajstić information content (AvgIpc) is 2.68. The van der Waals surface area contributed by atoms with Gasteiger partial charge < -0.3 is 9.47 Å². The van der Waals surface area contributed by atoms with Gasteiger partial charge in [0.25, 0.3) is 0 Å². The second-order valence-electron chi connectivity index (χ2n) is 5.17. The lowest BCUT2D eigenvalue weighted by atomic mass is 10.1. The zero-order chi connectivity index (χ0) is 17.3. The highest BCUT2D eigenvalue weighted by Crippen LogP contribution is 2.23. The number of ether oxygens (including phenoxy) is 2. The molecular formula is C22H15NO2. The van der Waals surface area contributed by atoms with Crippen LogP contribution in [0.25, 0.3) is 0 Å². The normalized spacial score (nSPS) is 9.40. The van der Waals surface area contributed by atoms with Crippen molar-refractivity contribution in [2.24, 2.45) is 0 Å². The lowest BCUT2D eigenvalue weighted by Crippen LogP contribution is -1.94. The summed E-state index contributed by atoms with van der Waals surface area (Å²) in [6.45, 7) is 0.291. The van der Waals surface area contributed by atoms with Gasteiger partial charge in [-0.15, -0.1) is 0 Å². The van der Waals surface area contributed by atoms with Crippen molar-refractivity contribution in [3.05, 3.63) is 90.0 Å². The van der Waals surface area contributed by atoms with Crippen molar-refractivity contribution < 1.29 is 9.47 Å². The van der Waals surface area contributed by atoms with Crippen LogP contribution in [0.2, 0.25) is 0 Å². The fourth-order valence-electron chi connectivity index (χ4n) is 2.11. The Kier molecular flexibility index (Phi) is 5.33. The zero-order valence-corrected chi connectivity index (χ0v) is 13.5. The number of benzene rings is 3. The van der Waals surface area contributed by atoms with Crippen LogP contribution in [0, 0.1) is 23.2 Å². The SMILES string of the molecule is N#Cc1ccc(C#CCOc2ccc(Oc3ccccc3)cc2)cc1. The Morgan fingerprint density at radius 2 is 1.28 bits per heavy atom. The fourth-order valence-corrected chi connectivity index (χ4v) is 2.11. The number of hydrogen-bond acceptors (Lipinski definition) is 3.